The molecule has 4 nitrogen and oxygen atoms in total. The highest BCUT2D eigenvalue weighted by Gasteiger charge is 2.35. The van der Waals surface area contributed by atoms with Gasteiger partial charge < -0.3 is 14.7 Å². The molecule has 1 aliphatic heterocycles. The summed E-state index contributed by atoms with van der Waals surface area (Å²) in [5.74, 6) is -1.49. The highest BCUT2D eigenvalue weighted by atomic mass is 19.4. The highest BCUT2D eigenvalue weighted by Crippen LogP contribution is 2.47. The molecule has 0 aliphatic carbocycles. The van der Waals surface area contributed by atoms with Gasteiger partial charge in [0.05, 0.1) is 0 Å². The Morgan fingerprint density at radius 3 is 2.53 bits per heavy atom. The van der Waals surface area contributed by atoms with Crippen LogP contribution in [0.15, 0.2) is 48.7 Å². The molecule has 2 aromatic carbocycles. The standard InChI is InChI=1S/C25H26F3NO3/c1-6-29-16(3)14-24(4,5)20-11-15(2)18(13-21(20)29)19-12-17(8-10-23(30)31)7-9-22(19)32-25(26,27)28/h7-13H,3,6,14H2,1-2,4-5H3,(H,30,31)/b10-8+. The molecule has 1 N–H and O–H groups in total. The predicted molar refractivity (Wildman–Crippen MR) is 120 cm³/mol. The summed E-state index contributed by atoms with van der Waals surface area (Å²) in [7, 11) is 0. The number of carboxylic acid groups (broad SMARTS) is 1. The third-order valence-corrected chi connectivity index (χ3v) is 5.64. The number of hydrogen-bond acceptors (Lipinski definition) is 3. The average Bonchev–Trinajstić information content (AvgIpc) is 2.66. The van der Waals surface area contributed by atoms with Gasteiger partial charge in [0, 0.05) is 29.6 Å². The molecule has 0 spiro atoms. The maximum atomic E-state index is 13.1. The first kappa shape index (κ1) is 23.4. The number of allylic oxidation sites excluding steroid dienone is 1. The Bertz CT molecular complexity index is 1100. The molecule has 0 fully saturated rings. The summed E-state index contributed by atoms with van der Waals surface area (Å²) >= 11 is 0. The Labute approximate surface area is 185 Å². The summed E-state index contributed by atoms with van der Waals surface area (Å²) in [5, 5.41) is 8.90. The first-order chi connectivity index (χ1) is 14.8. The fourth-order valence-electron chi connectivity index (χ4n) is 4.26. The molecule has 3 rings (SSSR count). The number of ether oxygens (including phenoxy) is 1. The van der Waals surface area contributed by atoms with E-state index in [1.807, 2.05) is 26.0 Å². The minimum Gasteiger partial charge on any atom is -0.478 e. The molecular weight excluding hydrogens is 419 g/mol. The van der Waals surface area contributed by atoms with Crippen molar-refractivity contribution in [2.24, 2.45) is 0 Å². The van der Waals surface area contributed by atoms with Gasteiger partial charge in [-0.2, -0.15) is 0 Å². The quantitative estimate of drug-likeness (QED) is 0.522. The minimum atomic E-state index is -4.86. The Hall–Kier alpha value is -3.22. The van der Waals surface area contributed by atoms with E-state index in [4.69, 9.17) is 5.11 Å². The fraction of sp³-hybridized carbons (Fsp3) is 0.320. The number of fused-ring (bicyclic) bond motifs is 1. The molecule has 0 atom stereocenters. The van der Waals surface area contributed by atoms with Gasteiger partial charge in [0.1, 0.15) is 5.75 Å². The number of anilines is 1. The predicted octanol–water partition coefficient (Wildman–Crippen LogP) is 6.68. The van der Waals surface area contributed by atoms with Gasteiger partial charge in [0.25, 0.3) is 0 Å². The number of carbonyl (C=O) groups is 1. The molecule has 2 aromatic rings. The van der Waals surface area contributed by atoms with E-state index in [-0.39, 0.29) is 16.7 Å². The van der Waals surface area contributed by atoms with Crippen LogP contribution in [0.3, 0.4) is 0 Å². The number of hydrogen-bond donors (Lipinski definition) is 1. The van der Waals surface area contributed by atoms with Crippen LogP contribution in [0, 0.1) is 6.92 Å². The Balaban J connectivity index is 2.25. The van der Waals surface area contributed by atoms with Crippen molar-refractivity contribution in [3.8, 4) is 16.9 Å². The SMILES string of the molecule is C=C1CC(C)(C)c2cc(C)c(-c3cc(/C=C/C(=O)O)ccc3OC(F)(F)F)cc2N1CC. The van der Waals surface area contributed by atoms with Crippen LogP contribution in [0.5, 0.6) is 5.75 Å². The topological polar surface area (TPSA) is 49.8 Å². The van der Waals surface area contributed by atoms with Crippen molar-refractivity contribution >= 4 is 17.7 Å². The lowest BCUT2D eigenvalue weighted by molar-refractivity contribution is -0.274. The molecular formula is C25H26F3NO3. The lowest BCUT2D eigenvalue weighted by Crippen LogP contribution is -2.35. The summed E-state index contributed by atoms with van der Waals surface area (Å²) in [6.07, 6.45) is -1.81. The molecule has 1 heterocycles. The fourth-order valence-corrected chi connectivity index (χ4v) is 4.26. The van der Waals surface area contributed by atoms with Crippen molar-refractivity contribution in [3.05, 3.63) is 65.4 Å². The first-order valence-electron chi connectivity index (χ1n) is 10.2. The summed E-state index contributed by atoms with van der Waals surface area (Å²) in [6, 6.07) is 8.00. The van der Waals surface area contributed by atoms with Crippen molar-refractivity contribution in [2.45, 2.75) is 45.9 Å². The van der Waals surface area contributed by atoms with Crippen LogP contribution in [0.4, 0.5) is 18.9 Å². The molecule has 170 valence electrons. The second-order valence-electron chi connectivity index (χ2n) is 8.53. The molecule has 0 saturated heterocycles. The number of carboxylic acids is 1. The van der Waals surface area contributed by atoms with Crippen LogP contribution < -0.4 is 9.64 Å². The van der Waals surface area contributed by atoms with Gasteiger partial charge in [-0.15, -0.1) is 13.2 Å². The third-order valence-electron chi connectivity index (χ3n) is 5.64. The molecule has 0 amide bonds. The second kappa shape index (κ2) is 8.37. The zero-order valence-corrected chi connectivity index (χ0v) is 18.5. The van der Waals surface area contributed by atoms with Crippen molar-refractivity contribution < 1.29 is 27.8 Å². The van der Waals surface area contributed by atoms with Crippen LogP contribution >= 0.6 is 0 Å². The number of aliphatic carboxylic acids is 1. The lowest BCUT2D eigenvalue weighted by Gasteiger charge is -2.42. The van der Waals surface area contributed by atoms with Gasteiger partial charge >= 0.3 is 12.3 Å². The second-order valence-corrected chi connectivity index (χ2v) is 8.53. The van der Waals surface area contributed by atoms with E-state index < -0.39 is 12.3 Å². The molecule has 32 heavy (non-hydrogen) atoms. The summed E-state index contributed by atoms with van der Waals surface area (Å²) in [6.45, 7) is 13.0. The lowest BCUT2D eigenvalue weighted by atomic mass is 9.75. The van der Waals surface area contributed by atoms with Crippen LogP contribution in [-0.2, 0) is 10.2 Å². The van der Waals surface area contributed by atoms with Crippen molar-refractivity contribution in [3.63, 3.8) is 0 Å². The van der Waals surface area contributed by atoms with Gasteiger partial charge in [-0.25, -0.2) is 4.79 Å². The molecule has 0 aromatic heterocycles. The van der Waals surface area contributed by atoms with E-state index in [9.17, 15) is 18.0 Å². The number of benzene rings is 2. The van der Waals surface area contributed by atoms with Gasteiger partial charge in [-0.1, -0.05) is 32.6 Å². The van der Waals surface area contributed by atoms with E-state index in [0.29, 0.717) is 17.7 Å². The van der Waals surface area contributed by atoms with Gasteiger partial charge in [0.15, 0.2) is 0 Å². The van der Waals surface area contributed by atoms with E-state index in [2.05, 4.69) is 30.1 Å². The number of nitrogens with zero attached hydrogens (tertiary/aromatic N) is 1. The number of rotatable bonds is 5. The van der Waals surface area contributed by atoms with Crippen LogP contribution in [0.25, 0.3) is 17.2 Å². The molecule has 0 radical (unpaired) electrons. The average molecular weight is 445 g/mol. The zero-order chi connectivity index (χ0) is 23.8. The maximum absolute atomic E-state index is 13.1. The summed E-state index contributed by atoms with van der Waals surface area (Å²) in [5.41, 5.74) is 4.85. The van der Waals surface area contributed by atoms with Gasteiger partial charge in [-0.3, -0.25) is 0 Å². The number of aryl methyl sites for hydroxylation is 1. The Morgan fingerprint density at radius 2 is 1.94 bits per heavy atom. The van der Waals surface area contributed by atoms with E-state index in [0.717, 1.165) is 35.0 Å². The molecule has 0 unspecified atom stereocenters. The minimum absolute atomic E-state index is 0.168. The molecule has 0 saturated carbocycles. The maximum Gasteiger partial charge on any atom is 0.573 e. The molecule has 7 heteroatoms. The monoisotopic (exact) mass is 445 g/mol. The van der Waals surface area contributed by atoms with E-state index in [1.54, 1.807) is 0 Å². The molecule has 1 aliphatic rings. The zero-order valence-electron chi connectivity index (χ0n) is 18.5. The summed E-state index contributed by atoms with van der Waals surface area (Å²) in [4.78, 5) is 13.0. The third kappa shape index (κ3) is 4.82. The Morgan fingerprint density at radius 1 is 1.25 bits per heavy atom. The van der Waals surface area contributed by atoms with Crippen molar-refractivity contribution in [1.29, 1.82) is 0 Å². The smallest absolute Gasteiger partial charge is 0.478 e. The van der Waals surface area contributed by atoms with Crippen LogP contribution in [0.1, 0.15) is 43.9 Å². The van der Waals surface area contributed by atoms with E-state index in [1.165, 1.54) is 24.3 Å². The van der Waals surface area contributed by atoms with Crippen molar-refractivity contribution in [1.82, 2.24) is 0 Å². The van der Waals surface area contributed by atoms with Crippen LogP contribution in [-0.4, -0.2) is 24.0 Å². The van der Waals surface area contributed by atoms with E-state index >= 15 is 0 Å². The number of alkyl halides is 3. The normalized spacial score (nSPS) is 15.7. The highest BCUT2D eigenvalue weighted by molar-refractivity contribution is 5.87. The number of halogens is 3. The first-order valence-corrected chi connectivity index (χ1v) is 10.2. The Kier molecular flexibility index (Phi) is 6.13. The summed E-state index contributed by atoms with van der Waals surface area (Å²) < 4.78 is 43.6. The largest absolute Gasteiger partial charge is 0.573 e. The molecule has 0 bridgehead atoms. The van der Waals surface area contributed by atoms with Crippen molar-refractivity contribution in [2.75, 3.05) is 11.4 Å². The van der Waals surface area contributed by atoms with Gasteiger partial charge in [-0.05, 0) is 72.2 Å². The van der Waals surface area contributed by atoms with Crippen LogP contribution in [0.2, 0.25) is 0 Å². The van der Waals surface area contributed by atoms with Gasteiger partial charge in [0.2, 0.25) is 0 Å².